The first kappa shape index (κ1) is 10.7. The van der Waals surface area contributed by atoms with Crippen LogP contribution in [-0.2, 0) is 0 Å². The highest BCUT2D eigenvalue weighted by Crippen LogP contribution is 2.30. The van der Waals surface area contributed by atoms with Crippen molar-refractivity contribution in [3.8, 4) is 17.2 Å². The smallest absolute Gasteiger partial charge is 0.105 e. The Labute approximate surface area is 99.0 Å². The van der Waals surface area contributed by atoms with Gasteiger partial charge in [-0.15, -0.1) is 11.8 Å². The summed E-state index contributed by atoms with van der Waals surface area (Å²) >= 11 is 1.56. The molecule has 0 amide bonds. The molecule has 0 saturated carbocycles. The number of hydrogen-bond donors (Lipinski definition) is 0. The summed E-state index contributed by atoms with van der Waals surface area (Å²) < 4.78 is 0. The SMILES string of the molecule is CSc1nccc(C#N)c1-c1ccccc1. The van der Waals surface area contributed by atoms with Crippen molar-refractivity contribution in [2.75, 3.05) is 6.26 Å². The topological polar surface area (TPSA) is 36.7 Å². The van der Waals surface area contributed by atoms with Gasteiger partial charge >= 0.3 is 0 Å². The zero-order valence-corrected chi connectivity index (χ0v) is 9.66. The minimum absolute atomic E-state index is 0.672. The third-order valence-electron chi connectivity index (χ3n) is 2.29. The van der Waals surface area contributed by atoms with E-state index in [1.165, 1.54) is 0 Å². The van der Waals surface area contributed by atoms with Crippen LogP contribution in [0.2, 0.25) is 0 Å². The summed E-state index contributed by atoms with van der Waals surface area (Å²) in [7, 11) is 0. The second-order valence-electron chi connectivity index (χ2n) is 3.22. The molecule has 2 rings (SSSR count). The van der Waals surface area contributed by atoms with Crippen LogP contribution in [0.15, 0.2) is 47.6 Å². The average molecular weight is 226 g/mol. The van der Waals surface area contributed by atoms with E-state index in [0.717, 1.165) is 16.2 Å². The molecule has 0 radical (unpaired) electrons. The summed E-state index contributed by atoms with van der Waals surface area (Å²) in [5, 5.41) is 10.0. The van der Waals surface area contributed by atoms with E-state index in [2.05, 4.69) is 11.1 Å². The van der Waals surface area contributed by atoms with Crippen molar-refractivity contribution in [1.82, 2.24) is 4.98 Å². The highest BCUT2D eigenvalue weighted by Gasteiger charge is 2.10. The number of nitriles is 1. The molecule has 0 atom stereocenters. The molecular formula is C13H10N2S. The standard InChI is InChI=1S/C13H10N2S/c1-16-13-12(10-5-3-2-4-6-10)11(9-14)7-8-15-13/h2-8H,1H3. The van der Waals surface area contributed by atoms with Gasteiger partial charge in [0.25, 0.3) is 0 Å². The number of benzene rings is 1. The number of hydrogen-bond acceptors (Lipinski definition) is 3. The Morgan fingerprint density at radius 1 is 1.19 bits per heavy atom. The van der Waals surface area contributed by atoms with Crippen LogP contribution in [0.3, 0.4) is 0 Å². The van der Waals surface area contributed by atoms with Crippen LogP contribution >= 0.6 is 11.8 Å². The fourth-order valence-corrected chi connectivity index (χ4v) is 2.17. The van der Waals surface area contributed by atoms with Gasteiger partial charge in [0, 0.05) is 11.8 Å². The van der Waals surface area contributed by atoms with Crippen LogP contribution in [0.25, 0.3) is 11.1 Å². The molecule has 16 heavy (non-hydrogen) atoms. The van der Waals surface area contributed by atoms with E-state index in [4.69, 9.17) is 5.26 Å². The minimum atomic E-state index is 0.672. The Morgan fingerprint density at radius 3 is 2.56 bits per heavy atom. The van der Waals surface area contributed by atoms with Gasteiger partial charge in [-0.1, -0.05) is 30.3 Å². The fraction of sp³-hybridized carbons (Fsp3) is 0.0769. The minimum Gasteiger partial charge on any atom is -0.249 e. The van der Waals surface area contributed by atoms with E-state index in [-0.39, 0.29) is 0 Å². The Morgan fingerprint density at radius 2 is 1.94 bits per heavy atom. The molecule has 1 aromatic carbocycles. The molecule has 0 spiro atoms. The third-order valence-corrected chi connectivity index (χ3v) is 2.99. The molecule has 0 aliphatic heterocycles. The number of thioether (sulfide) groups is 1. The Bertz CT molecular complexity index is 529. The summed E-state index contributed by atoms with van der Waals surface area (Å²) in [6.45, 7) is 0. The molecule has 3 heteroatoms. The lowest BCUT2D eigenvalue weighted by Gasteiger charge is -2.07. The van der Waals surface area contributed by atoms with Crippen molar-refractivity contribution in [1.29, 1.82) is 5.26 Å². The third kappa shape index (κ3) is 1.93. The van der Waals surface area contributed by atoms with E-state index < -0.39 is 0 Å². The highest BCUT2D eigenvalue weighted by atomic mass is 32.2. The van der Waals surface area contributed by atoms with Crippen LogP contribution in [-0.4, -0.2) is 11.2 Å². The second kappa shape index (κ2) is 4.82. The van der Waals surface area contributed by atoms with Gasteiger partial charge in [-0.25, -0.2) is 4.98 Å². The largest absolute Gasteiger partial charge is 0.249 e. The molecule has 2 nitrogen and oxygen atoms in total. The number of nitrogens with zero attached hydrogens (tertiary/aromatic N) is 2. The summed E-state index contributed by atoms with van der Waals surface area (Å²) in [4.78, 5) is 4.29. The van der Waals surface area contributed by atoms with E-state index in [0.29, 0.717) is 5.56 Å². The number of pyridine rings is 1. The maximum Gasteiger partial charge on any atom is 0.105 e. The first-order chi connectivity index (χ1) is 7.86. The molecule has 0 saturated heterocycles. The zero-order valence-electron chi connectivity index (χ0n) is 8.84. The number of aromatic nitrogens is 1. The number of rotatable bonds is 2. The lowest BCUT2D eigenvalue weighted by atomic mass is 10.0. The maximum atomic E-state index is 9.11. The molecule has 0 aliphatic rings. The van der Waals surface area contributed by atoms with Crippen molar-refractivity contribution in [3.05, 3.63) is 48.2 Å². The van der Waals surface area contributed by atoms with Crippen molar-refractivity contribution < 1.29 is 0 Å². The summed E-state index contributed by atoms with van der Waals surface area (Å²) in [6, 6.07) is 13.9. The van der Waals surface area contributed by atoms with E-state index in [1.807, 2.05) is 36.6 Å². The molecule has 0 bridgehead atoms. The maximum absolute atomic E-state index is 9.11. The van der Waals surface area contributed by atoms with E-state index in [1.54, 1.807) is 24.0 Å². The fourth-order valence-electron chi connectivity index (χ4n) is 1.57. The molecule has 0 N–H and O–H groups in total. The van der Waals surface area contributed by atoms with Gasteiger partial charge in [-0.2, -0.15) is 5.26 Å². The molecule has 1 aromatic heterocycles. The predicted molar refractivity (Wildman–Crippen MR) is 66.2 cm³/mol. The highest BCUT2D eigenvalue weighted by molar-refractivity contribution is 7.98. The summed E-state index contributed by atoms with van der Waals surface area (Å²) in [5.41, 5.74) is 2.64. The van der Waals surface area contributed by atoms with E-state index in [9.17, 15) is 0 Å². The normalized spacial score (nSPS) is 9.75. The molecule has 78 valence electrons. The van der Waals surface area contributed by atoms with Crippen LogP contribution in [0.5, 0.6) is 0 Å². The van der Waals surface area contributed by atoms with Gasteiger partial charge in [-0.05, 0) is 17.9 Å². The van der Waals surface area contributed by atoms with Gasteiger partial charge in [-0.3, -0.25) is 0 Å². The average Bonchev–Trinajstić information content (AvgIpc) is 2.38. The van der Waals surface area contributed by atoms with Gasteiger partial charge in [0.1, 0.15) is 5.03 Å². The first-order valence-corrected chi connectivity index (χ1v) is 6.08. The van der Waals surface area contributed by atoms with Gasteiger partial charge in [0.05, 0.1) is 11.6 Å². The molecule has 0 fully saturated rings. The quantitative estimate of drug-likeness (QED) is 0.737. The van der Waals surface area contributed by atoms with Gasteiger partial charge < -0.3 is 0 Å². The zero-order chi connectivity index (χ0) is 11.4. The van der Waals surface area contributed by atoms with Crippen molar-refractivity contribution in [3.63, 3.8) is 0 Å². The lowest BCUT2D eigenvalue weighted by Crippen LogP contribution is -1.90. The van der Waals surface area contributed by atoms with Crippen molar-refractivity contribution in [2.45, 2.75) is 5.03 Å². The first-order valence-electron chi connectivity index (χ1n) is 4.85. The molecular weight excluding hydrogens is 216 g/mol. The van der Waals surface area contributed by atoms with Crippen LogP contribution < -0.4 is 0 Å². The van der Waals surface area contributed by atoms with Crippen molar-refractivity contribution >= 4 is 11.8 Å². The van der Waals surface area contributed by atoms with Gasteiger partial charge in [0.15, 0.2) is 0 Å². The van der Waals surface area contributed by atoms with Crippen LogP contribution in [0.1, 0.15) is 5.56 Å². The second-order valence-corrected chi connectivity index (χ2v) is 4.02. The van der Waals surface area contributed by atoms with Crippen LogP contribution in [0.4, 0.5) is 0 Å². The Balaban J connectivity index is 2.68. The Kier molecular flexibility index (Phi) is 3.23. The lowest BCUT2D eigenvalue weighted by molar-refractivity contribution is 1.13. The monoisotopic (exact) mass is 226 g/mol. The molecule has 1 heterocycles. The van der Waals surface area contributed by atoms with Gasteiger partial charge in [0.2, 0.25) is 0 Å². The van der Waals surface area contributed by atoms with E-state index >= 15 is 0 Å². The molecule has 0 aliphatic carbocycles. The predicted octanol–water partition coefficient (Wildman–Crippen LogP) is 3.34. The molecule has 0 unspecified atom stereocenters. The van der Waals surface area contributed by atoms with Crippen LogP contribution in [0, 0.1) is 11.3 Å². The summed E-state index contributed by atoms with van der Waals surface area (Å²) in [5.74, 6) is 0. The van der Waals surface area contributed by atoms with Crippen molar-refractivity contribution in [2.24, 2.45) is 0 Å². The Hall–Kier alpha value is -1.79. The summed E-state index contributed by atoms with van der Waals surface area (Å²) in [6.07, 6.45) is 3.65. The molecule has 2 aromatic rings.